The molecule has 3 nitrogen and oxygen atoms in total. The highest BCUT2D eigenvalue weighted by Gasteiger charge is 2.19. The highest BCUT2D eigenvalue weighted by atomic mass is 16.5. The third kappa shape index (κ3) is 4.81. The average molecular weight is 312 g/mol. The molecule has 0 amide bonds. The van der Waals surface area contributed by atoms with Gasteiger partial charge in [-0.25, -0.2) is 0 Å². The van der Waals surface area contributed by atoms with Crippen LogP contribution in [0.15, 0.2) is 54.6 Å². The molecule has 0 radical (unpaired) electrons. The third-order valence-corrected chi connectivity index (χ3v) is 4.73. The number of piperazine rings is 1. The highest BCUT2D eigenvalue weighted by Crippen LogP contribution is 2.21. The summed E-state index contributed by atoms with van der Waals surface area (Å²) in [6.07, 6.45) is 0.932. The maximum Gasteiger partial charge on any atom is 0.137 e. The van der Waals surface area contributed by atoms with Crippen LogP contribution in [-0.4, -0.2) is 46.4 Å². The van der Waals surface area contributed by atoms with Gasteiger partial charge in [-0.15, -0.1) is 0 Å². The molecule has 0 atom stereocenters. The second kappa shape index (κ2) is 8.14. The Kier molecular flexibility index (Phi) is 5.67. The molecule has 122 valence electrons. The van der Waals surface area contributed by atoms with E-state index in [1.807, 2.05) is 0 Å². The molecule has 0 unspecified atom stereocenters. The Morgan fingerprint density at radius 1 is 0.870 bits per heavy atom. The van der Waals surface area contributed by atoms with Gasteiger partial charge in [-0.2, -0.15) is 0 Å². The maximum atomic E-state index is 6.11. The number of rotatable bonds is 6. The van der Waals surface area contributed by atoms with Gasteiger partial charge in [-0.1, -0.05) is 48.5 Å². The molecule has 0 aliphatic carbocycles. The molecule has 1 fully saturated rings. The Labute approximate surface area is 139 Å². The summed E-state index contributed by atoms with van der Waals surface area (Å²) in [4.78, 5) is 3.33. The monoisotopic (exact) mass is 312 g/mol. The predicted molar refractivity (Wildman–Crippen MR) is 93.4 cm³/mol. The number of hydrogen-bond acceptors (Lipinski definition) is 1. The zero-order valence-electron chi connectivity index (χ0n) is 14.1. The molecule has 1 saturated heterocycles. The second-order valence-corrected chi connectivity index (χ2v) is 6.58. The van der Waals surface area contributed by atoms with Crippen LogP contribution in [0.1, 0.15) is 11.1 Å². The quantitative estimate of drug-likeness (QED) is 0.772. The number of benzene rings is 2. The van der Waals surface area contributed by atoms with Gasteiger partial charge in [0.2, 0.25) is 0 Å². The number of hydrogen-bond donors (Lipinski definition) is 2. The summed E-state index contributed by atoms with van der Waals surface area (Å²) in [6, 6.07) is 19.0. The van der Waals surface area contributed by atoms with Gasteiger partial charge in [-0.05, 0) is 17.2 Å². The summed E-state index contributed by atoms with van der Waals surface area (Å²) in [7, 11) is 2.28. The summed E-state index contributed by atoms with van der Waals surface area (Å²) >= 11 is 0. The maximum absolute atomic E-state index is 6.11. The van der Waals surface area contributed by atoms with Crippen LogP contribution in [0.2, 0.25) is 0 Å². The summed E-state index contributed by atoms with van der Waals surface area (Å²) in [5, 5.41) is 0. The van der Waals surface area contributed by atoms with E-state index < -0.39 is 0 Å². The van der Waals surface area contributed by atoms with Crippen molar-refractivity contribution in [2.45, 2.75) is 6.42 Å². The molecule has 2 aromatic carbocycles. The summed E-state index contributed by atoms with van der Waals surface area (Å²) in [5.41, 5.74) is 2.60. The first-order chi connectivity index (χ1) is 11.3. The molecule has 0 aromatic heterocycles. The first-order valence-electron chi connectivity index (χ1n) is 8.71. The van der Waals surface area contributed by atoms with Crippen LogP contribution in [0.4, 0.5) is 0 Å². The van der Waals surface area contributed by atoms with Crippen LogP contribution in [0, 0.1) is 0 Å². The molecule has 0 bridgehead atoms. The third-order valence-electron chi connectivity index (χ3n) is 4.73. The van der Waals surface area contributed by atoms with E-state index >= 15 is 0 Å². The lowest BCUT2D eigenvalue weighted by molar-refractivity contribution is -1.00. The van der Waals surface area contributed by atoms with E-state index in [1.165, 1.54) is 37.3 Å². The predicted octanol–water partition coefficient (Wildman–Crippen LogP) is 0.0694. The Morgan fingerprint density at radius 3 is 2.35 bits per heavy atom. The van der Waals surface area contributed by atoms with E-state index in [0.717, 1.165) is 25.3 Å². The smallest absolute Gasteiger partial charge is 0.137 e. The topological polar surface area (TPSA) is 18.1 Å². The van der Waals surface area contributed by atoms with Crippen LogP contribution in [0.5, 0.6) is 5.75 Å². The standard InChI is InChI=1S/C20H26N2O/c1-21-11-13-22(14-12-21)15-16-23-20-10-6-5-9-19(20)17-18-7-3-2-4-8-18/h2-10H,11-17H2,1H3/p+2. The number of para-hydroxylation sites is 1. The highest BCUT2D eigenvalue weighted by molar-refractivity contribution is 5.37. The molecule has 1 heterocycles. The minimum absolute atomic E-state index is 0.806. The van der Waals surface area contributed by atoms with Crippen LogP contribution < -0.4 is 14.5 Å². The zero-order valence-corrected chi connectivity index (χ0v) is 14.1. The van der Waals surface area contributed by atoms with Crippen molar-refractivity contribution in [3.8, 4) is 5.75 Å². The molecule has 3 heteroatoms. The Hall–Kier alpha value is -1.84. The van der Waals surface area contributed by atoms with E-state index in [4.69, 9.17) is 4.74 Å². The molecule has 2 aromatic rings. The van der Waals surface area contributed by atoms with Crippen molar-refractivity contribution in [2.24, 2.45) is 0 Å². The van der Waals surface area contributed by atoms with E-state index in [1.54, 1.807) is 9.80 Å². The van der Waals surface area contributed by atoms with Gasteiger partial charge in [-0.3, -0.25) is 0 Å². The lowest BCUT2D eigenvalue weighted by Crippen LogP contribution is -3.27. The second-order valence-electron chi connectivity index (χ2n) is 6.58. The van der Waals surface area contributed by atoms with Crippen molar-refractivity contribution in [2.75, 3.05) is 46.4 Å². The molecular formula is C20H28N2O+2. The first kappa shape index (κ1) is 16.0. The summed E-state index contributed by atoms with van der Waals surface area (Å²) in [6.45, 7) is 6.99. The van der Waals surface area contributed by atoms with Crippen molar-refractivity contribution < 1.29 is 14.5 Å². The van der Waals surface area contributed by atoms with Crippen molar-refractivity contribution in [1.82, 2.24) is 0 Å². The lowest BCUT2D eigenvalue weighted by atomic mass is 10.0. The molecule has 0 spiro atoms. The molecule has 2 N–H and O–H groups in total. The van der Waals surface area contributed by atoms with Crippen LogP contribution in [-0.2, 0) is 6.42 Å². The van der Waals surface area contributed by atoms with E-state index in [2.05, 4.69) is 61.6 Å². The fourth-order valence-corrected chi connectivity index (χ4v) is 3.19. The molecule has 3 rings (SSSR count). The molecular weight excluding hydrogens is 284 g/mol. The van der Waals surface area contributed by atoms with Gasteiger partial charge in [0.1, 0.15) is 45.1 Å². The van der Waals surface area contributed by atoms with Crippen LogP contribution in [0.3, 0.4) is 0 Å². The fourth-order valence-electron chi connectivity index (χ4n) is 3.19. The van der Waals surface area contributed by atoms with Gasteiger partial charge >= 0.3 is 0 Å². The summed E-state index contributed by atoms with van der Waals surface area (Å²) < 4.78 is 6.11. The van der Waals surface area contributed by atoms with Crippen molar-refractivity contribution in [1.29, 1.82) is 0 Å². The van der Waals surface area contributed by atoms with E-state index in [-0.39, 0.29) is 0 Å². The van der Waals surface area contributed by atoms with E-state index in [9.17, 15) is 0 Å². The molecule has 1 aliphatic heterocycles. The lowest BCUT2D eigenvalue weighted by Gasteiger charge is -2.27. The Balaban J connectivity index is 1.53. The zero-order chi connectivity index (χ0) is 15.9. The normalized spacial score (nSPS) is 21.1. The fraction of sp³-hybridized carbons (Fsp3) is 0.400. The Bertz CT molecular complexity index is 592. The minimum Gasteiger partial charge on any atom is -0.487 e. The SMILES string of the molecule is C[NH+]1CC[NH+](CCOc2ccccc2Cc2ccccc2)CC1. The molecule has 23 heavy (non-hydrogen) atoms. The van der Waals surface area contributed by atoms with Crippen molar-refractivity contribution in [3.05, 3.63) is 65.7 Å². The largest absolute Gasteiger partial charge is 0.487 e. The summed E-state index contributed by atoms with van der Waals surface area (Å²) in [5.74, 6) is 1.04. The van der Waals surface area contributed by atoms with Crippen LogP contribution in [0.25, 0.3) is 0 Å². The van der Waals surface area contributed by atoms with Gasteiger partial charge in [0.05, 0.1) is 7.05 Å². The number of likely N-dealkylation sites (N-methyl/N-ethyl adjacent to an activating group) is 1. The van der Waals surface area contributed by atoms with Gasteiger partial charge in [0, 0.05) is 6.42 Å². The minimum atomic E-state index is 0.806. The molecule has 1 aliphatic rings. The first-order valence-corrected chi connectivity index (χ1v) is 8.71. The number of quaternary nitrogens is 2. The van der Waals surface area contributed by atoms with Gasteiger partial charge in [0.25, 0.3) is 0 Å². The molecule has 0 saturated carbocycles. The van der Waals surface area contributed by atoms with Gasteiger partial charge in [0.15, 0.2) is 0 Å². The van der Waals surface area contributed by atoms with Gasteiger partial charge < -0.3 is 14.5 Å². The van der Waals surface area contributed by atoms with Crippen molar-refractivity contribution >= 4 is 0 Å². The average Bonchev–Trinajstić information content (AvgIpc) is 2.59. The van der Waals surface area contributed by atoms with Crippen LogP contribution >= 0.6 is 0 Å². The number of ether oxygens (including phenoxy) is 1. The van der Waals surface area contributed by atoms with E-state index in [0.29, 0.717) is 0 Å². The Morgan fingerprint density at radius 2 is 1.57 bits per heavy atom. The van der Waals surface area contributed by atoms with Crippen molar-refractivity contribution in [3.63, 3.8) is 0 Å². The number of nitrogens with one attached hydrogen (secondary N) is 2.